The second kappa shape index (κ2) is 1.27. The molecular weight excluding hydrogens is 104 g/mol. The smallest absolute Gasteiger partial charge is 0.237 e. The highest BCUT2D eigenvalue weighted by molar-refractivity contribution is 5.79. The molecule has 0 saturated carbocycles. The van der Waals surface area contributed by atoms with E-state index in [1.165, 1.54) is 0 Å². The summed E-state index contributed by atoms with van der Waals surface area (Å²) >= 11 is 0. The maximum Gasteiger partial charge on any atom is 0.237 e. The third-order valence-electron chi connectivity index (χ3n) is 0.785. The van der Waals surface area contributed by atoms with Gasteiger partial charge in [0.1, 0.15) is 0 Å². The van der Waals surface area contributed by atoms with Gasteiger partial charge in [0, 0.05) is 0 Å². The van der Waals surface area contributed by atoms with Crippen molar-refractivity contribution in [3.8, 4) is 0 Å². The van der Waals surface area contributed by atoms with E-state index in [4.69, 9.17) is 5.73 Å². The molecule has 0 unspecified atom stereocenters. The summed E-state index contributed by atoms with van der Waals surface area (Å²) in [5.41, 5.74) is 4.79. The molecule has 1 aliphatic heterocycles. The van der Waals surface area contributed by atoms with Gasteiger partial charge in [0.2, 0.25) is 5.96 Å². The van der Waals surface area contributed by atoms with Gasteiger partial charge >= 0.3 is 0 Å². The highest BCUT2D eigenvalue weighted by Crippen LogP contribution is 2.15. The Labute approximate surface area is 47.5 Å². The van der Waals surface area contributed by atoms with E-state index in [2.05, 4.69) is 15.2 Å². The molecule has 0 aliphatic carbocycles. The fourth-order valence-corrected chi connectivity index (χ4v) is 0.499. The highest BCUT2D eigenvalue weighted by Gasteiger charge is 2.19. The Bertz CT molecular complexity index is 155. The molecule has 0 fully saturated rings. The lowest BCUT2D eigenvalue weighted by atomic mass is 10.3. The standard InChI is InChI=1S/C4H8N4/c1-4(2)6-3(5)7-8-4/h1-2H3,(H2,5,6). The van der Waals surface area contributed by atoms with Crippen molar-refractivity contribution in [1.82, 2.24) is 0 Å². The number of aliphatic imine (C=N–C) groups is 1. The molecule has 44 valence electrons. The first-order chi connectivity index (χ1) is 3.60. The summed E-state index contributed by atoms with van der Waals surface area (Å²) in [5, 5.41) is 7.29. The summed E-state index contributed by atoms with van der Waals surface area (Å²) in [6.07, 6.45) is 0. The van der Waals surface area contributed by atoms with E-state index in [1.807, 2.05) is 13.8 Å². The molecule has 0 aromatic rings. The van der Waals surface area contributed by atoms with Crippen molar-refractivity contribution in [2.75, 3.05) is 0 Å². The molecule has 1 aliphatic rings. The zero-order valence-corrected chi connectivity index (χ0v) is 4.92. The second-order valence-electron chi connectivity index (χ2n) is 2.16. The fourth-order valence-electron chi connectivity index (χ4n) is 0.499. The first kappa shape index (κ1) is 5.21. The van der Waals surface area contributed by atoms with E-state index in [9.17, 15) is 0 Å². The highest BCUT2D eigenvalue weighted by atomic mass is 15.4. The predicted molar refractivity (Wildman–Crippen MR) is 30.6 cm³/mol. The Balaban J connectivity index is 2.84. The van der Waals surface area contributed by atoms with Gasteiger partial charge in [-0.1, -0.05) is 0 Å². The van der Waals surface area contributed by atoms with E-state index in [1.54, 1.807) is 0 Å². The molecule has 4 nitrogen and oxygen atoms in total. The summed E-state index contributed by atoms with van der Waals surface area (Å²) in [6, 6.07) is 0. The van der Waals surface area contributed by atoms with Crippen LogP contribution in [0.15, 0.2) is 15.2 Å². The van der Waals surface area contributed by atoms with Crippen molar-refractivity contribution in [1.29, 1.82) is 0 Å². The van der Waals surface area contributed by atoms with Crippen molar-refractivity contribution >= 4 is 5.96 Å². The molecule has 4 heteroatoms. The van der Waals surface area contributed by atoms with Crippen molar-refractivity contribution in [2.45, 2.75) is 19.5 Å². The van der Waals surface area contributed by atoms with Gasteiger partial charge in [-0.05, 0) is 13.8 Å². The minimum atomic E-state index is -0.413. The minimum Gasteiger partial charge on any atom is -0.367 e. The average molecular weight is 112 g/mol. The molecule has 0 spiro atoms. The second-order valence-corrected chi connectivity index (χ2v) is 2.16. The van der Waals surface area contributed by atoms with E-state index in [-0.39, 0.29) is 5.96 Å². The van der Waals surface area contributed by atoms with Crippen LogP contribution < -0.4 is 5.73 Å². The summed E-state index contributed by atoms with van der Waals surface area (Å²) < 4.78 is 0. The number of guanidine groups is 1. The zero-order valence-electron chi connectivity index (χ0n) is 4.92. The zero-order chi connectivity index (χ0) is 6.20. The molecule has 8 heavy (non-hydrogen) atoms. The Morgan fingerprint density at radius 3 is 2.25 bits per heavy atom. The Morgan fingerprint density at radius 2 is 2.12 bits per heavy atom. The number of nitrogens with two attached hydrogens (primary N) is 1. The van der Waals surface area contributed by atoms with Crippen LogP contribution in [0.4, 0.5) is 0 Å². The van der Waals surface area contributed by atoms with E-state index >= 15 is 0 Å². The third kappa shape index (κ3) is 0.828. The van der Waals surface area contributed by atoms with Gasteiger partial charge in [0.15, 0.2) is 5.66 Å². The summed E-state index contributed by atoms with van der Waals surface area (Å²) in [7, 11) is 0. The quantitative estimate of drug-likeness (QED) is 0.487. The maximum absolute atomic E-state index is 5.20. The Kier molecular flexibility index (Phi) is 0.829. The lowest BCUT2D eigenvalue weighted by molar-refractivity contribution is 0.550. The Morgan fingerprint density at radius 1 is 1.50 bits per heavy atom. The molecule has 2 N–H and O–H groups in total. The fraction of sp³-hybridized carbons (Fsp3) is 0.750. The molecule has 0 saturated heterocycles. The van der Waals surface area contributed by atoms with Gasteiger partial charge < -0.3 is 5.73 Å². The van der Waals surface area contributed by atoms with E-state index < -0.39 is 5.66 Å². The van der Waals surface area contributed by atoms with Crippen LogP contribution in [0, 0.1) is 0 Å². The number of hydrogen-bond donors (Lipinski definition) is 1. The summed E-state index contributed by atoms with van der Waals surface area (Å²) in [5.74, 6) is 0.273. The number of azo groups is 1. The molecule has 0 amide bonds. The maximum atomic E-state index is 5.20. The van der Waals surface area contributed by atoms with Crippen LogP contribution in [0.1, 0.15) is 13.8 Å². The van der Waals surface area contributed by atoms with Crippen molar-refractivity contribution in [3.63, 3.8) is 0 Å². The molecule has 0 aromatic heterocycles. The van der Waals surface area contributed by atoms with Crippen LogP contribution in [-0.4, -0.2) is 11.6 Å². The lowest BCUT2D eigenvalue weighted by Crippen LogP contribution is -2.11. The molecule has 0 aromatic carbocycles. The van der Waals surface area contributed by atoms with Crippen LogP contribution in [0.25, 0.3) is 0 Å². The van der Waals surface area contributed by atoms with Crippen LogP contribution >= 0.6 is 0 Å². The lowest BCUT2D eigenvalue weighted by Gasteiger charge is -2.03. The summed E-state index contributed by atoms with van der Waals surface area (Å²) in [6.45, 7) is 3.69. The van der Waals surface area contributed by atoms with Crippen LogP contribution in [0.5, 0.6) is 0 Å². The topological polar surface area (TPSA) is 63.1 Å². The van der Waals surface area contributed by atoms with Crippen molar-refractivity contribution in [3.05, 3.63) is 0 Å². The van der Waals surface area contributed by atoms with Gasteiger partial charge in [0.25, 0.3) is 0 Å². The first-order valence-corrected chi connectivity index (χ1v) is 2.38. The monoisotopic (exact) mass is 112 g/mol. The Hall–Kier alpha value is -0.930. The third-order valence-corrected chi connectivity index (χ3v) is 0.785. The van der Waals surface area contributed by atoms with E-state index in [0.717, 1.165) is 0 Å². The number of hydrogen-bond acceptors (Lipinski definition) is 4. The average Bonchev–Trinajstić information content (AvgIpc) is 1.82. The summed E-state index contributed by atoms with van der Waals surface area (Å²) in [4.78, 5) is 3.88. The van der Waals surface area contributed by atoms with Gasteiger partial charge in [0.05, 0.1) is 0 Å². The number of rotatable bonds is 0. The first-order valence-electron chi connectivity index (χ1n) is 2.38. The largest absolute Gasteiger partial charge is 0.367 e. The van der Waals surface area contributed by atoms with Crippen LogP contribution in [0.3, 0.4) is 0 Å². The molecule has 1 heterocycles. The van der Waals surface area contributed by atoms with Gasteiger partial charge in [-0.25, -0.2) is 4.99 Å². The normalized spacial score (nSPS) is 23.5. The van der Waals surface area contributed by atoms with Crippen LogP contribution in [0.2, 0.25) is 0 Å². The van der Waals surface area contributed by atoms with Gasteiger partial charge in [-0.3, -0.25) is 0 Å². The van der Waals surface area contributed by atoms with Gasteiger partial charge in [-0.2, -0.15) is 5.11 Å². The van der Waals surface area contributed by atoms with E-state index in [0.29, 0.717) is 0 Å². The van der Waals surface area contributed by atoms with Crippen molar-refractivity contribution in [2.24, 2.45) is 21.0 Å². The van der Waals surface area contributed by atoms with Crippen LogP contribution in [-0.2, 0) is 0 Å². The SMILES string of the molecule is CC1(C)N=NC(N)=N1. The van der Waals surface area contributed by atoms with Crippen molar-refractivity contribution < 1.29 is 0 Å². The minimum absolute atomic E-state index is 0.273. The molecule has 1 rings (SSSR count). The molecule has 0 atom stereocenters. The predicted octanol–water partition coefficient (Wildman–Crippen LogP) is 0.503. The molecule has 0 radical (unpaired) electrons. The van der Waals surface area contributed by atoms with Gasteiger partial charge in [-0.15, -0.1) is 5.11 Å². The number of nitrogens with zero attached hydrogens (tertiary/aromatic N) is 3. The molecular formula is C4H8N4. The molecule has 0 bridgehead atoms.